The Balaban J connectivity index is 2.39. The Hall–Kier alpha value is -2.63. The number of para-hydroxylation sites is 1. The normalized spacial score (nSPS) is 12.0. The third-order valence-electron chi connectivity index (χ3n) is 4.00. The number of carboxylic acid groups (broad SMARTS) is 1. The van der Waals surface area contributed by atoms with Gasteiger partial charge in [-0.25, -0.2) is 0 Å². The van der Waals surface area contributed by atoms with Crippen LogP contribution >= 0.6 is 0 Å². The van der Waals surface area contributed by atoms with Crippen molar-refractivity contribution in [2.45, 2.75) is 26.7 Å². The van der Waals surface area contributed by atoms with Crippen molar-refractivity contribution < 1.29 is 14.7 Å². The van der Waals surface area contributed by atoms with Crippen molar-refractivity contribution in [1.29, 1.82) is 0 Å². The fourth-order valence-corrected chi connectivity index (χ4v) is 2.81. The second kappa shape index (κ2) is 6.64. The molecule has 2 aromatic rings. The molecule has 0 bridgehead atoms. The van der Waals surface area contributed by atoms with E-state index in [1.807, 2.05) is 27.0 Å². The van der Waals surface area contributed by atoms with Gasteiger partial charge in [0.05, 0.1) is 11.6 Å². The van der Waals surface area contributed by atoms with Crippen LogP contribution in [-0.4, -0.2) is 33.3 Å². The van der Waals surface area contributed by atoms with Gasteiger partial charge in [-0.1, -0.05) is 18.2 Å². The van der Waals surface area contributed by atoms with Gasteiger partial charge in [0, 0.05) is 24.0 Å². The molecule has 2 rings (SSSR count). The van der Waals surface area contributed by atoms with Crippen molar-refractivity contribution in [1.82, 2.24) is 9.78 Å². The minimum absolute atomic E-state index is 0.252. The number of hydrogen-bond acceptors (Lipinski definition) is 3. The van der Waals surface area contributed by atoms with Crippen LogP contribution < -0.4 is 4.90 Å². The van der Waals surface area contributed by atoms with Crippen molar-refractivity contribution in [3.05, 3.63) is 47.3 Å². The first kappa shape index (κ1) is 16.7. The van der Waals surface area contributed by atoms with Crippen LogP contribution in [0.25, 0.3) is 0 Å². The third-order valence-corrected chi connectivity index (χ3v) is 4.00. The molecular formula is C17H21N3O3. The highest BCUT2D eigenvalue weighted by Crippen LogP contribution is 2.27. The lowest BCUT2D eigenvalue weighted by Gasteiger charge is -2.24. The molecule has 1 atom stereocenters. The number of carboxylic acids is 1. The Bertz CT molecular complexity index is 722. The summed E-state index contributed by atoms with van der Waals surface area (Å²) >= 11 is 0. The van der Waals surface area contributed by atoms with Gasteiger partial charge >= 0.3 is 5.97 Å². The summed E-state index contributed by atoms with van der Waals surface area (Å²) in [5.41, 5.74) is 3.12. The highest BCUT2D eigenvalue weighted by Gasteiger charge is 2.28. The molecule has 0 aliphatic heterocycles. The molecule has 1 amide bonds. The van der Waals surface area contributed by atoms with E-state index in [-0.39, 0.29) is 12.5 Å². The van der Waals surface area contributed by atoms with Crippen LogP contribution in [0.2, 0.25) is 0 Å². The lowest BCUT2D eigenvalue weighted by molar-refractivity contribution is -0.136. The molecule has 0 fully saturated rings. The van der Waals surface area contributed by atoms with Crippen LogP contribution in [0.4, 0.5) is 5.69 Å². The fraction of sp³-hybridized carbons (Fsp3) is 0.353. The van der Waals surface area contributed by atoms with E-state index < -0.39 is 11.9 Å². The zero-order valence-electron chi connectivity index (χ0n) is 13.8. The smallest absolute Gasteiger partial charge is 0.323 e. The molecule has 0 saturated heterocycles. The van der Waals surface area contributed by atoms with Gasteiger partial charge in [-0.2, -0.15) is 5.10 Å². The molecule has 6 nitrogen and oxygen atoms in total. The number of aliphatic carboxylic acids is 1. The number of carbonyl (C=O) groups is 2. The minimum atomic E-state index is -1.05. The van der Waals surface area contributed by atoms with Gasteiger partial charge in [0.2, 0.25) is 5.91 Å². The van der Waals surface area contributed by atoms with E-state index in [0.717, 1.165) is 17.0 Å². The van der Waals surface area contributed by atoms with Crippen LogP contribution in [0.3, 0.4) is 0 Å². The first-order valence-corrected chi connectivity index (χ1v) is 7.41. The monoisotopic (exact) mass is 315 g/mol. The van der Waals surface area contributed by atoms with Gasteiger partial charge in [0.25, 0.3) is 0 Å². The fourth-order valence-electron chi connectivity index (χ4n) is 2.81. The largest absolute Gasteiger partial charge is 0.480 e. The summed E-state index contributed by atoms with van der Waals surface area (Å²) in [6, 6.07) is 8.85. The highest BCUT2D eigenvalue weighted by molar-refractivity contribution is 6.01. The van der Waals surface area contributed by atoms with Gasteiger partial charge < -0.3 is 10.0 Å². The molecule has 0 aliphatic rings. The van der Waals surface area contributed by atoms with Crippen molar-refractivity contribution >= 4 is 17.6 Å². The average Bonchev–Trinajstić information content (AvgIpc) is 2.77. The van der Waals surface area contributed by atoms with E-state index in [1.54, 1.807) is 35.9 Å². The van der Waals surface area contributed by atoms with E-state index in [1.165, 1.54) is 4.90 Å². The molecule has 1 aromatic carbocycles. The van der Waals surface area contributed by atoms with Gasteiger partial charge in [-0.3, -0.25) is 14.3 Å². The van der Waals surface area contributed by atoms with Crippen LogP contribution in [0.15, 0.2) is 30.3 Å². The summed E-state index contributed by atoms with van der Waals surface area (Å²) in [5.74, 6) is -1.77. The number of anilines is 1. The predicted octanol–water partition coefficient (Wildman–Crippen LogP) is 2.26. The molecule has 0 aliphatic carbocycles. The maximum absolute atomic E-state index is 12.9. The predicted molar refractivity (Wildman–Crippen MR) is 87.5 cm³/mol. The van der Waals surface area contributed by atoms with E-state index in [2.05, 4.69) is 5.10 Å². The molecule has 0 spiro atoms. The number of amides is 1. The summed E-state index contributed by atoms with van der Waals surface area (Å²) in [6.45, 7) is 5.18. The zero-order chi connectivity index (χ0) is 17.1. The molecule has 1 aromatic heterocycles. The van der Waals surface area contributed by atoms with Crippen molar-refractivity contribution in [2.24, 2.45) is 7.05 Å². The van der Waals surface area contributed by atoms with E-state index in [0.29, 0.717) is 5.69 Å². The second-order valence-electron chi connectivity index (χ2n) is 5.58. The second-order valence-corrected chi connectivity index (χ2v) is 5.58. The number of hydrogen-bond donors (Lipinski definition) is 1. The maximum Gasteiger partial charge on any atom is 0.323 e. The number of aromatic nitrogens is 2. The number of rotatable bonds is 5. The third kappa shape index (κ3) is 3.41. The SMILES string of the molecule is Cc1nn(C)c(C)c1C(C)C(=O)N(CC(=O)O)c1ccccc1. The summed E-state index contributed by atoms with van der Waals surface area (Å²) in [7, 11) is 1.83. The van der Waals surface area contributed by atoms with E-state index in [4.69, 9.17) is 5.11 Å². The number of carbonyl (C=O) groups excluding carboxylic acids is 1. The molecule has 0 saturated carbocycles. The van der Waals surface area contributed by atoms with Crippen LogP contribution in [-0.2, 0) is 16.6 Å². The first-order valence-electron chi connectivity index (χ1n) is 7.41. The molecular weight excluding hydrogens is 294 g/mol. The number of aryl methyl sites for hydroxylation is 2. The van der Waals surface area contributed by atoms with Gasteiger partial charge in [0.15, 0.2) is 0 Å². The van der Waals surface area contributed by atoms with Crippen LogP contribution in [0.1, 0.15) is 29.8 Å². The topological polar surface area (TPSA) is 75.4 Å². The summed E-state index contributed by atoms with van der Waals surface area (Å²) < 4.78 is 1.73. The molecule has 23 heavy (non-hydrogen) atoms. The van der Waals surface area contributed by atoms with Crippen molar-refractivity contribution in [3.63, 3.8) is 0 Å². The first-order chi connectivity index (χ1) is 10.8. The summed E-state index contributed by atoms with van der Waals surface area (Å²) in [6.07, 6.45) is 0. The summed E-state index contributed by atoms with van der Waals surface area (Å²) in [5, 5.41) is 13.5. The van der Waals surface area contributed by atoms with Crippen LogP contribution in [0, 0.1) is 13.8 Å². The minimum Gasteiger partial charge on any atom is -0.480 e. The number of nitrogens with zero attached hydrogens (tertiary/aromatic N) is 3. The Morgan fingerprint density at radius 1 is 1.26 bits per heavy atom. The zero-order valence-corrected chi connectivity index (χ0v) is 13.8. The molecule has 1 unspecified atom stereocenters. The standard InChI is InChI=1S/C17H21N3O3/c1-11(16-12(2)18-19(4)13(16)3)17(23)20(10-15(21)22)14-8-6-5-7-9-14/h5-9,11H,10H2,1-4H3,(H,21,22). The molecule has 1 heterocycles. The number of benzene rings is 1. The van der Waals surface area contributed by atoms with Gasteiger partial charge in [-0.05, 0) is 32.9 Å². The average molecular weight is 315 g/mol. The Morgan fingerprint density at radius 2 is 1.87 bits per heavy atom. The maximum atomic E-state index is 12.9. The van der Waals surface area contributed by atoms with Gasteiger partial charge in [-0.15, -0.1) is 0 Å². The molecule has 122 valence electrons. The molecule has 1 N–H and O–H groups in total. The summed E-state index contributed by atoms with van der Waals surface area (Å²) in [4.78, 5) is 25.4. The van der Waals surface area contributed by atoms with Gasteiger partial charge in [0.1, 0.15) is 6.54 Å². The lowest BCUT2D eigenvalue weighted by atomic mass is 9.97. The Labute approximate surface area is 135 Å². The molecule has 6 heteroatoms. The van der Waals surface area contributed by atoms with E-state index in [9.17, 15) is 9.59 Å². The lowest BCUT2D eigenvalue weighted by Crippen LogP contribution is -2.38. The van der Waals surface area contributed by atoms with E-state index >= 15 is 0 Å². The van der Waals surface area contributed by atoms with Crippen molar-refractivity contribution in [3.8, 4) is 0 Å². The van der Waals surface area contributed by atoms with Crippen LogP contribution in [0.5, 0.6) is 0 Å². The molecule has 0 radical (unpaired) electrons. The highest BCUT2D eigenvalue weighted by atomic mass is 16.4. The Morgan fingerprint density at radius 3 is 2.35 bits per heavy atom. The Kier molecular flexibility index (Phi) is 4.83. The quantitative estimate of drug-likeness (QED) is 0.918. The van der Waals surface area contributed by atoms with Crippen molar-refractivity contribution in [2.75, 3.05) is 11.4 Å².